The minimum atomic E-state index is -0.195. The molecule has 158 valence electrons. The van der Waals surface area contributed by atoms with Crippen molar-refractivity contribution in [3.63, 3.8) is 0 Å². The summed E-state index contributed by atoms with van der Waals surface area (Å²) < 4.78 is 0. The minimum absolute atomic E-state index is 0.0577. The molecule has 2 aromatic carbocycles. The van der Waals surface area contributed by atoms with Gasteiger partial charge in [0.1, 0.15) is 0 Å². The van der Waals surface area contributed by atoms with Crippen LogP contribution in [0.5, 0.6) is 0 Å². The molecular formula is C24H29N3O2S. The molecule has 5 nitrogen and oxygen atoms in total. The van der Waals surface area contributed by atoms with Crippen molar-refractivity contribution < 1.29 is 9.59 Å². The Morgan fingerprint density at radius 2 is 1.83 bits per heavy atom. The predicted octanol–water partition coefficient (Wildman–Crippen LogP) is 4.77. The van der Waals surface area contributed by atoms with Gasteiger partial charge in [0.05, 0.1) is 4.87 Å². The first-order valence-electron chi connectivity index (χ1n) is 10.7. The van der Waals surface area contributed by atoms with E-state index in [-0.39, 0.29) is 16.8 Å². The summed E-state index contributed by atoms with van der Waals surface area (Å²) in [5, 5.41) is 3.03. The Kier molecular flexibility index (Phi) is 6.04. The van der Waals surface area contributed by atoms with Crippen molar-refractivity contribution in [2.45, 2.75) is 38.0 Å². The molecule has 2 aromatic rings. The third kappa shape index (κ3) is 4.19. The summed E-state index contributed by atoms with van der Waals surface area (Å²) in [6.07, 6.45) is 2.55. The molecule has 0 radical (unpaired) electrons. The molecule has 0 aliphatic carbocycles. The number of urea groups is 1. The van der Waals surface area contributed by atoms with Gasteiger partial charge in [-0.3, -0.25) is 4.79 Å². The number of piperidine rings is 1. The quantitative estimate of drug-likeness (QED) is 0.774. The normalized spacial score (nSPS) is 17.9. The lowest BCUT2D eigenvalue weighted by molar-refractivity contribution is 0.0585. The van der Waals surface area contributed by atoms with Crippen molar-refractivity contribution >= 4 is 29.4 Å². The molecule has 0 aromatic heterocycles. The van der Waals surface area contributed by atoms with Crippen molar-refractivity contribution in [3.8, 4) is 0 Å². The molecule has 1 N–H and O–H groups in total. The molecule has 4 rings (SSSR count). The van der Waals surface area contributed by atoms with Crippen LogP contribution in [0.4, 0.5) is 10.5 Å². The fourth-order valence-corrected chi connectivity index (χ4v) is 5.83. The van der Waals surface area contributed by atoms with Crippen LogP contribution in [-0.4, -0.2) is 52.0 Å². The van der Waals surface area contributed by atoms with Crippen LogP contribution in [0.1, 0.15) is 41.3 Å². The lowest BCUT2D eigenvalue weighted by atomic mass is 10.0. The van der Waals surface area contributed by atoms with E-state index in [2.05, 4.69) is 18.3 Å². The van der Waals surface area contributed by atoms with Crippen molar-refractivity contribution in [1.82, 2.24) is 9.80 Å². The van der Waals surface area contributed by atoms with Crippen LogP contribution in [0.2, 0.25) is 0 Å². The van der Waals surface area contributed by atoms with Crippen LogP contribution >= 0.6 is 11.8 Å². The molecule has 2 fully saturated rings. The molecule has 2 aliphatic rings. The molecule has 0 bridgehead atoms. The predicted molar refractivity (Wildman–Crippen MR) is 123 cm³/mol. The van der Waals surface area contributed by atoms with Gasteiger partial charge in [0, 0.05) is 36.6 Å². The summed E-state index contributed by atoms with van der Waals surface area (Å²) in [7, 11) is 0. The van der Waals surface area contributed by atoms with Crippen molar-refractivity contribution in [1.29, 1.82) is 0 Å². The van der Waals surface area contributed by atoms with Gasteiger partial charge in [0.25, 0.3) is 5.91 Å². The van der Waals surface area contributed by atoms with Gasteiger partial charge in [-0.25, -0.2) is 4.79 Å². The van der Waals surface area contributed by atoms with E-state index in [0.29, 0.717) is 13.1 Å². The largest absolute Gasteiger partial charge is 0.324 e. The second kappa shape index (κ2) is 8.72. The van der Waals surface area contributed by atoms with Gasteiger partial charge in [-0.05, 0) is 56.0 Å². The summed E-state index contributed by atoms with van der Waals surface area (Å²) in [5.41, 5.74) is 3.90. The fourth-order valence-electron chi connectivity index (χ4n) is 4.37. The zero-order chi connectivity index (χ0) is 21.1. The van der Waals surface area contributed by atoms with Crippen molar-refractivity contribution in [2.24, 2.45) is 0 Å². The van der Waals surface area contributed by atoms with E-state index in [4.69, 9.17) is 0 Å². The highest BCUT2D eigenvalue weighted by atomic mass is 32.2. The maximum absolute atomic E-state index is 13.2. The van der Waals surface area contributed by atoms with Crippen molar-refractivity contribution in [2.75, 3.05) is 30.7 Å². The molecule has 2 saturated heterocycles. The van der Waals surface area contributed by atoms with Crippen molar-refractivity contribution in [3.05, 3.63) is 65.2 Å². The first-order chi connectivity index (χ1) is 14.5. The summed E-state index contributed by atoms with van der Waals surface area (Å²) >= 11 is 1.87. The van der Waals surface area contributed by atoms with Crippen LogP contribution in [0.25, 0.3) is 0 Å². The number of nitrogens with one attached hydrogen (secondary N) is 1. The standard InChI is InChI=1S/C24H29N3O2S/c1-3-19-7-5-9-21(17-19)25-23(29)26-12-10-24(11-13-26)27(14-15-30-24)22(28)20-8-4-6-18(2)16-20/h4-9,16-17H,3,10-15H2,1-2H3,(H,25,29). The van der Waals surface area contributed by atoms with E-state index in [1.54, 1.807) is 0 Å². The number of likely N-dealkylation sites (tertiary alicyclic amines) is 1. The highest BCUT2D eigenvalue weighted by Gasteiger charge is 2.47. The number of benzene rings is 2. The first-order valence-corrected chi connectivity index (χ1v) is 11.7. The number of hydrogen-bond acceptors (Lipinski definition) is 3. The van der Waals surface area contributed by atoms with Crippen LogP contribution in [0.15, 0.2) is 48.5 Å². The van der Waals surface area contributed by atoms with Crippen LogP contribution < -0.4 is 5.32 Å². The lowest BCUT2D eigenvalue weighted by Crippen LogP contribution is -2.54. The van der Waals surface area contributed by atoms with Crippen LogP contribution in [0.3, 0.4) is 0 Å². The molecule has 3 amide bonds. The topological polar surface area (TPSA) is 52.7 Å². The van der Waals surface area contributed by atoms with E-state index < -0.39 is 0 Å². The number of thioether (sulfide) groups is 1. The van der Waals surface area contributed by atoms with E-state index >= 15 is 0 Å². The number of aryl methyl sites for hydroxylation is 2. The Morgan fingerprint density at radius 1 is 1.07 bits per heavy atom. The first kappa shape index (κ1) is 20.8. The molecule has 6 heteroatoms. The average molecular weight is 424 g/mol. The smallest absolute Gasteiger partial charge is 0.321 e. The third-order valence-corrected chi connectivity index (χ3v) is 7.66. The van der Waals surface area contributed by atoms with Gasteiger partial charge in [-0.15, -0.1) is 11.8 Å². The second-order valence-corrected chi connectivity index (χ2v) is 9.55. The number of anilines is 1. The minimum Gasteiger partial charge on any atom is -0.324 e. The molecule has 0 saturated carbocycles. The number of carbonyl (C=O) groups excluding carboxylic acids is 2. The third-order valence-electron chi connectivity index (χ3n) is 6.11. The van der Waals surface area contributed by atoms with Gasteiger partial charge >= 0.3 is 6.03 Å². The highest BCUT2D eigenvalue weighted by Crippen LogP contribution is 2.44. The lowest BCUT2D eigenvalue weighted by Gasteiger charge is -2.44. The maximum atomic E-state index is 13.2. The average Bonchev–Trinajstić information content (AvgIpc) is 3.16. The van der Waals surface area contributed by atoms with Gasteiger partial charge in [-0.2, -0.15) is 0 Å². The van der Waals surface area contributed by atoms with Gasteiger partial charge in [0.15, 0.2) is 0 Å². The van der Waals surface area contributed by atoms with E-state index in [9.17, 15) is 9.59 Å². The van der Waals surface area contributed by atoms with Gasteiger partial charge in [-0.1, -0.05) is 36.8 Å². The Balaban J connectivity index is 1.41. The molecule has 2 aliphatic heterocycles. The summed E-state index contributed by atoms with van der Waals surface area (Å²) in [6, 6.07) is 15.8. The van der Waals surface area contributed by atoms with E-state index in [1.165, 1.54) is 5.56 Å². The second-order valence-electron chi connectivity index (χ2n) is 8.09. The van der Waals surface area contributed by atoms with E-state index in [1.807, 2.05) is 71.0 Å². The van der Waals surface area contributed by atoms with Gasteiger partial charge in [0.2, 0.25) is 0 Å². The number of amides is 3. The van der Waals surface area contributed by atoms with Gasteiger partial charge < -0.3 is 15.1 Å². The monoisotopic (exact) mass is 423 g/mol. The van der Waals surface area contributed by atoms with E-state index in [0.717, 1.165) is 48.4 Å². The number of rotatable bonds is 3. The zero-order valence-corrected chi connectivity index (χ0v) is 18.5. The summed E-state index contributed by atoms with van der Waals surface area (Å²) in [5.74, 6) is 1.06. The fraction of sp³-hybridized carbons (Fsp3) is 0.417. The molecule has 30 heavy (non-hydrogen) atoms. The summed E-state index contributed by atoms with van der Waals surface area (Å²) in [6.45, 7) is 6.20. The Labute approximate surface area is 182 Å². The van der Waals surface area contributed by atoms with Crippen LogP contribution in [-0.2, 0) is 6.42 Å². The molecule has 2 heterocycles. The SMILES string of the molecule is CCc1cccc(NC(=O)N2CCC3(CC2)SCCN3C(=O)c2cccc(C)c2)c1. The molecule has 1 spiro atoms. The Hall–Kier alpha value is -2.47. The molecule has 0 unspecified atom stereocenters. The molecular weight excluding hydrogens is 394 g/mol. The number of nitrogens with zero attached hydrogens (tertiary/aromatic N) is 2. The number of hydrogen-bond donors (Lipinski definition) is 1. The Morgan fingerprint density at radius 3 is 2.57 bits per heavy atom. The summed E-state index contributed by atoms with van der Waals surface area (Å²) in [4.78, 5) is 29.7. The highest BCUT2D eigenvalue weighted by molar-refractivity contribution is 8.00. The number of carbonyl (C=O) groups is 2. The zero-order valence-electron chi connectivity index (χ0n) is 17.7. The molecule has 0 atom stereocenters. The maximum Gasteiger partial charge on any atom is 0.321 e. The Bertz CT molecular complexity index is 938. The van der Waals surface area contributed by atoms with Crippen LogP contribution in [0, 0.1) is 6.92 Å².